The molecule has 0 radical (unpaired) electrons. The van der Waals surface area contributed by atoms with Crippen molar-refractivity contribution in [3.05, 3.63) is 109 Å². The van der Waals surface area contributed by atoms with Crippen LogP contribution >= 0.6 is 34.5 Å². The third-order valence-electron chi connectivity index (χ3n) is 9.78. The Hall–Kier alpha value is -3.91. The van der Waals surface area contributed by atoms with E-state index < -0.39 is 23.5 Å². The monoisotopic (exact) mass is 755 g/mol. The molecule has 11 nitrogen and oxygen atoms in total. The molecule has 4 aromatic rings. The Kier molecular flexibility index (Phi) is 11.4. The number of hydrogen-bond donors (Lipinski definition) is 3. The van der Waals surface area contributed by atoms with E-state index in [1.54, 1.807) is 54.6 Å². The molecule has 3 fully saturated rings. The van der Waals surface area contributed by atoms with Crippen LogP contribution < -0.4 is 24.6 Å². The summed E-state index contributed by atoms with van der Waals surface area (Å²) in [5, 5.41) is 38.1. The van der Waals surface area contributed by atoms with Gasteiger partial charge in [-0.05, 0) is 73.2 Å². The Morgan fingerprint density at radius 2 is 1.75 bits per heavy atom. The lowest BCUT2D eigenvalue weighted by Crippen LogP contribution is -2.54. The van der Waals surface area contributed by atoms with Crippen molar-refractivity contribution in [2.75, 3.05) is 40.4 Å². The van der Waals surface area contributed by atoms with E-state index in [-0.39, 0.29) is 46.5 Å². The third-order valence-corrected chi connectivity index (χ3v) is 11.6. The molecular weight excluding hydrogens is 717 g/mol. The number of carboxylic acid groups (broad SMARTS) is 1. The number of nitrogens with zero attached hydrogens (tertiary/aromatic N) is 2. The van der Waals surface area contributed by atoms with E-state index in [0.29, 0.717) is 45.2 Å². The maximum absolute atomic E-state index is 13.7. The van der Waals surface area contributed by atoms with Gasteiger partial charge in [-0.15, -0.1) is 11.3 Å². The number of esters is 1. The first-order chi connectivity index (χ1) is 24.5. The van der Waals surface area contributed by atoms with Crippen molar-refractivity contribution in [3.63, 3.8) is 0 Å². The largest absolute Gasteiger partial charge is 0.544 e. The van der Waals surface area contributed by atoms with E-state index >= 15 is 0 Å². The number of nitrogens with one attached hydrogen (secondary N) is 1. The molecule has 3 aliphatic rings. The number of benzene rings is 2. The zero-order valence-corrected chi connectivity index (χ0v) is 30.5. The van der Waals surface area contributed by atoms with Gasteiger partial charge in [0.15, 0.2) is 17.1 Å². The van der Waals surface area contributed by atoms with E-state index in [2.05, 4.69) is 10.2 Å². The molecular formula is C37H39Cl2N3O8S. The van der Waals surface area contributed by atoms with E-state index in [0.717, 1.165) is 42.0 Å². The fourth-order valence-electron chi connectivity index (χ4n) is 7.03. The van der Waals surface area contributed by atoms with Crippen LogP contribution in [0.2, 0.25) is 10.0 Å². The fraction of sp³-hybridized carbons (Fsp3) is 0.378. The predicted octanol–water partition coefficient (Wildman–Crippen LogP) is 3.95. The number of aromatic carboxylic acids is 1. The van der Waals surface area contributed by atoms with Crippen LogP contribution in [0.25, 0.3) is 0 Å². The number of rotatable bonds is 14. The summed E-state index contributed by atoms with van der Waals surface area (Å²) in [5.74, 6) is -1.50. The van der Waals surface area contributed by atoms with Gasteiger partial charge < -0.3 is 34.5 Å². The van der Waals surface area contributed by atoms with Gasteiger partial charge in [-0.1, -0.05) is 59.6 Å². The minimum Gasteiger partial charge on any atom is -0.544 e. The van der Waals surface area contributed by atoms with Gasteiger partial charge in [-0.3, -0.25) is 10.1 Å². The van der Waals surface area contributed by atoms with E-state index in [1.165, 1.54) is 26.6 Å². The van der Waals surface area contributed by atoms with Crippen LogP contribution in [0.1, 0.15) is 55.6 Å². The van der Waals surface area contributed by atoms with Gasteiger partial charge in [0.2, 0.25) is 12.4 Å². The van der Waals surface area contributed by atoms with Crippen LogP contribution in [0, 0.1) is 5.92 Å². The zero-order valence-electron chi connectivity index (χ0n) is 28.1. The number of hydrogen-bond acceptors (Lipinski definition) is 11. The van der Waals surface area contributed by atoms with E-state index in [1.807, 2.05) is 0 Å². The summed E-state index contributed by atoms with van der Waals surface area (Å²) >= 11 is 14.1. The van der Waals surface area contributed by atoms with Crippen molar-refractivity contribution in [1.29, 1.82) is 0 Å². The lowest BCUT2D eigenvalue weighted by Gasteiger charge is -2.44. The third kappa shape index (κ3) is 7.96. The van der Waals surface area contributed by atoms with Gasteiger partial charge in [-0.25, -0.2) is 4.79 Å². The number of carbonyl (C=O) groups excluding carboxylic acids is 2. The Morgan fingerprint density at radius 1 is 1.06 bits per heavy atom. The van der Waals surface area contributed by atoms with Crippen LogP contribution in [0.3, 0.4) is 0 Å². The zero-order chi connectivity index (χ0) is 36.3. The molecule has 0 saturated carbocycles. The summed E-state index contributed by atoms with van der Waals surface area (Å²) < 4.78 is 17.7. The van der Waals surface area contributed by atoms with Crippen LogP contribution in [0.5, 0.6) is 11.5 Å². The molecule has 2 bridgehead atoms. The standard InChI is InChI=1S/C37H39Cl2N3O8S/c1-48-31-9-8-23(14-32(31)49-2)26(16-28-29(38)18-42(47)19-30(28)39)27-15-25(51-34(27)35(43)44)17-40-21-37(46,24-6-4-3-5-7-24)36(45)50-33-20-41-12-10-22(33)11-13-41/h3-9,14-15,18-19,22,26,33,40,46H,10-13,16-17,20-21H2,1-2H3,(H-,43,44,47)/t26-,33-,37?/m0/s1. The molecule has 3 N–H and O–H groups in total. The average molecular weight is 757 g/mol. The van der Waals surface area contributed by atoms with Crippen LogP contribution in [0.4, 0.5) is 0 Å². The number of thiophene rings is 1. The van der Waals surface area contributed by atoms with Gasteiger partial charge in [0.1, 0.15) is 16.1 Å². The number of aromatic nitrogens is 1. The average Bonchev–Trinajstić information content (AvgIpc) is 3.56. The SMILES string of the molecule is COc1ccc([C@H](Cc2c(Cl)c[n+](O)cc2Cl)c2cc(CNCC(O)(C(=O)O[C@H]3CN4CCC3CC4)c3ccccc3)sc2C(=O)[O-])cc1OC. The second kappa shape index (κ2) is 15.8. The Balaban J connectivity index is 1.29. The first-order valence-electron chi connectivity index (χ1n) is 16.6. The lowest BCUT2D eigenvalue weighted by molar-refractivity contribution is -0.904. The van der Waals surface area contributed by atoms with E-state index in [4.69, 9.17) is 37.4 Å². The maximum Gasteiger partial charge on any atom is 0.344 e. The number of ether oxygens (including phenoxy) is 3. The molecule has 0 spiro atoms. The first-order valence-corrected chi connectivity index (χ1v) is 18.1. The molecule has 0 aliphatic carbocycles. The van der Waals surface area contributed by atoms with Gasteiger partial charge in [0.05, 0.1) is 25.1 Å². The second-order valence-electron chi connectivity index (χ2n) is 12.9. The quantitative estimate of drug-likeness (QED) is 0.0984. The van der Waals surface area contributed by atoms with Crippen LogP contribution in [-0.4, -0.2) is 73.7 Å². The first kappa shape index (κ1) is 36.9. The molecule has 0 amide bonds. The number of carbonyl (C=O) groups is 2. The molecule has 270 valence electrons. The number of fused-ring (bicyclic) bond motifs is 3. The number of pyridine rings is 1. The Bertz CT molecular complexity index is 1860. The van der Waals surface area contributed by atoms with Gasteiger partial charge in [-0.2, -0.15) is 0 Å². The topological polar surface area (TPSA) is 144 Å². The fourth-order valence-corrected chi connectivity index (χ4v) is 8.66. The lowest BCUT2D eigenvalue weighted by atomic mass is 9.85. The van der Waals surface area contributed by atoms with Crippen molar-refractivity contribution in [2.45, 2.75) is 43.4 Å². The van der Waals surface area contributed by atoms with Crippen LogP contribution in [0.15, 0.2) is 67.0 Å². The maximum atomic E-state index is 13.7. The summed E-state index contributed by atoms with van der Waals surface area (Å²) in [6.07, 6.45) is 4.38. The summed E-state index contributed by atoms with van der Waals surface area (Å²) in [7, 11) is 3.03. The highest BCUT2D eigenvalue weighted by molar-refractivity contribution is 7.14. The van der Waals surface area contributed by atoms with Crippen molar-refractivity contribution in [1.82, 2.24) is 10.2 Å². The van der Waals surface area contributed by atoms with Crippen LogP contribution in [-0.2, 0) is 28.1 Å². The second-order valence-corrected chi connectivity index (χ2v) is 14.8. The number of piperidine rings is 3. The number of methoxy groups -OCH3 is 2. The highest BCUT2D eigenvalue weighted by Gasteiger charge is 2.44. The summed E-state index contributed by atoms with van der Waals surface area (Å²) in [5.41, 5.74) is 0.0246. The molecule has 5 heterocycles. The molecule has 51 heavy (non-hydrogen) atoms. The highest BCUT2D eigenvalue weighted by Crippen LogP contribution is 2.41. The summed E-state index contributed by atoms with van der Waals surface area (Å²) in [4.78, 5) is 29.2. The van der Waals surface area contributed by atoms with Crippen molar-refractivity contribution < 1.29 is 44.0 Å². The minimum atomic E-state index is -1.99. The number of carboxylic acids is 1. The smallest absolute Gasteiger partial charge is 0.344 e. The van der Waals surface area contributed by atoms with Gasteiger partial charge in [0.25, 0.3) is 0 Å². The Morgan fingerprint density at radius 3 is 2.35 bits per heavy atom. The molecule has 3 atom stereocenters. The summed E-state index contributed by atoms with van der Waals surface area (Å²) in [6, 6.07) is 15.7. The molecule has 2 aromatic carbocycles. The highest BCUT2D eigenvalue weighted by atomic mass is 35.5. The van der Waals surface area contributed by atoms with E-state index in [9.17, 15) is 25.0 Å². The van der Waals surface area contributed by atoms with Crippen molar-refractivity contribution in [2.24, 2.45) is 5.92 Å². The number of halogens is 2. The predicted molar refractivity (Wildman–Crippen MR) is 189 cm³/mol. The molecule has 1 unspecified atom stereocenters. The Labute approximate surface area is 309 Å². The van der Waals surface area contributed by atoms with Crippen molar-refractivity contribution in [3.8, 4) is 11.5 Å². The molecule has 14 heteroatoms. The molecule has 7 rings (SSSR count). The molecule has 3 saturated heterocycles. The molecule has 3 aliphatic heterocycles. The van der Waals surface area contributed by atoms with Gasteiger partial charge >= 0.3 is 5.97 Å². The molecule has 2 aromatic heterocycles. The normalized spacial score (nSPS) is 20.0. The number of aliphatic hydroxyl groups is 1. The minimum absolute atomic E-state index is 0.00735. The van der Waals surface area contributed by atoms with Gasteiger partial charge in [0, 0.05) is 40.7 Å². The van der Waals surface area contributed by atoms with Crippen molar-refractivity contribution >= 4 is 46.5 Å². The summed E-state index contributed by atoms with van der Waals surface area (Å²) in [6.45, 7) is 2.57.